The summed E-state index contributed by atoms with van der Waals surface area (Å²) in [6.45, 7) is 1.60. The lowest BCUT2D eigenvalue weighted by Crippen LogP contribution is -2.37. The molecule has 25 heavy (non-hydrogen) atoms. The van der Waals surface area contributed by atoms with E-state index in [4.69, 9.17) is 0 Å². The number of amides is 3. The molecule has 3 heterocycles. The fourth-order valence-electron chi connectivity index (χ4n) is 4.13. The maximum Gasteiger partial charge on any atom is 0.315 e. The van der Waals surface area contributed by atoms with Crippen molar-refractivity contribution in [2.24, 2.45) is 0 Å². The minimum absolute atomic E-state index is 0.0270. The van der Waals surface area contributed by atoms with Crippen LogP contribution in [-0.2, 0) is 17.8 Å². The summed E-state index contributed by atoms with van der Waals surface area (Å²) < 4.78 is 0. The van der Waals surface area contributed by atoms with Crippen LogP contribution >= 0.6 is 11.8 Å². The standard InChI is InChI=1S/C19H25N3O2S/c23-17(22-10-9-13-5-1-2-6-14(13)11-22)8-4-3-7-16-18-15(12-25-16)20-19(24)21-18/h1-2,5-6,15-16,18H,3-4,7-12H2,(H2,20,21,24)/t15-,16-,18+/m1/s1. The molecule has 2 saturated heterocycles. The number of nitrogens with one attached hydrogen (secondary N) is 2. The number of hydrogen-bond acceptors (Lipinski definition) is 3. The summed E-state index contributed by atoms with van der Waals surface area (Å²) in [4.78, 5) is 25.9. The van der Waals surface area contributed by atoms with E-state index < -0.39 is 0 Å². The Bertz CT molecular complexity index is 666. The Labute approximate surface area is 152 Å². The van der Waals surface area contributed by atoms with Crippen LogP contribution in [0.5, 0.6) is 0 Å². The van der Waals surface area contributed by atoms with Gasteiger partial charge in [-0.2, -0.15) is 11.8 Å². The largest absolute Gasteiger partial charge is 0.338 e. The quantitative estimate of drug-likeness (QED) is 0.626. The Morgan fingerprint density at radius 2 is 2.04 bits per heavy atom. The van der Waals surface area contributed by atoms with E-state index in [0.717, 1.165) is 44.5 Å². The van der Waals surface area contributed by atoms with Gasteiger partial charge in [-0.25, -0.2) is 4.79 Å². The molecular weight excluding hydrogens is 334 g/mol. The first-order valence-electron chi connectivity index (χ1n) is 9.24. The number of unbranched alkanes of at least 4 members (excludes halogenated alkanes) is 1. The molecule has 3 atom stereocenters. The van der Waals surface area contributed by atoms with Crippen LogP contribution in [-0.4, -0.2) is 46.5 Å². The second kappa shape index (κ2) is 7.28. The van der Waals surface area contributed by atoms with Gasteiger partial charge in [0.05, 0.1) is 12.1 Å². The van der Waals surface area contributed by atoms with Gasteiger partial charge in [0.2, 0.25) is 5.91 Å². The third kappa shape index (κ3) is 3.64. The Kier molecular flexibility index (Phi) is 4.88. The van der Waals surface area contributed by atoms with E-state index in [0.29, 0.717) is 11.7 Å². The average Bonchev–Trinajstić information content (AvgIpc) is 3.17. The molecule has 6 heteroatoms. The van der Waals surface area contributed by atoms with Gasteiger partial charge in [0.25, 0.3) is 0 Å². The number of benzene rings is 1. The molecular formula is C19H25N3O2S. The zero-order valence-corrected chi connectivity index (χ0v) is 15.2. The van der Waals surface area contributed by atoms with Crippen LogP contribution in [0.3, 0.4) is 0 Å². The molecule has 2 fully saturated rings. The lowest BCUT2D eigenvalue weighted by Gasteiger charge is -2.29. The number of thioether (sulfide) groups is 1. The molecule has 0 unspecified atom stereocenters. The van der Waals surface area contributed by atoms with Crippen molar-refractivity contribution in [3.63, 3.8) is 0 Å². The molecule has 5 nitrogen and oxygen atoms in total. The van der Waals surface area contributed by atoms with Crippen molar-refractivity contribution >= 4 is 23.7 Å². The number of fused-ring (bicyclic) bond motifs is 2. The molecule has 4 rings (SSSR count). The zero-order valence-electron chi connectivity index (χ0n) is 14.4. The highest BCUT2D eigenvalue weighted by Crippen LogP contribution is 2.33. The Morgan fingerprint density at radius 1 is 1.20 bits per heavy atom. The Balaban J connectivity index is 1.19. The third-order valence-electron chi connectivity index (χ3n) is 5.55. The highest BCUT2D eigenvalue weighted by atomic mass is 32.2. The first-order chi connectivity index (χ1) is 12.2. The maximum atomic E-state index is 12.5. The highest BCUT2D eigenvalue weighted by molar-refractivity contribution is 8.00. The average molecular weight is 359 g/mol. The van der Waals surface area contributed by atoms with Gasteiger partial charge in [-0.15, -0.1) is 0 Å². The second-order valence-electron chi connectivity index (χ2n) is 7.20. The molecule has 3 aliphatic heterocycles. The first-order valence-corrected chi connectivity index (χ1v) is 10.3. The van der Waals surface area contributed by atoms with E-state index in [1.54, 1.807) is 0 Å². The van der Waals surface area contributed by atoms with Crippen LogP contribution < -0.4 is 10.6 Å². The lowest BCUT2D eigenvalue weighted by molar-refractivity contribution is -0.132. The molecule has 134 valence electrons. The van der Waals surface area contributed by atoms with Gasteiger partial charge in [-0.3, -0.25) is 4.79 Å². The van der Waals surface area contributed by atoms with Crippen LogP contribution in [0.2, 0.25) is 0 Å². The number of hydrogen-bond donors (Lipinski definition) is 2. The second-order valence-corrected chi connectivity index (χ2v) is 8.47. The smallest absolute Gasteiger partial charge is 0.315 e. The number of rotatable bonds is 5. The summed E-state index contributed by atoms with van der Waals surface area (Å²) in [6, 6.07) is 8.96. The zero-order chi connectivity index (χ0) is 17.2. The fraction of sp³-hybridized carbons (Fsp3) is 0.579. The van der Waals surface area contributed by atoms with Crippen LogP contribution in [0.15, 0.2) is 24.3 Å². The predicted octanol–water partition coefficient (Wildman–Crippen LogP) is 2.30. The molecule has 0 bridgehead atoms. The topological polar surface area (TPSA) is 61.4 Å². The van der Waals surface area contributed by atoms with Crippen molar-refractivity contribution in [3.8, 4) is 0 Å². The van der Waals surface area contributed by atoms with Gasteiger partial charge < -0.3 is 15.5 Å². The molecule has 3 amide bonds. The van der Waals surface area contributed by atoms with E-state index in [-0.39, 0.29) is 24.0 Å². The van der Waals surface area contributed by atoms with Crippen LogP contribution in [0.4, 0.5) is 4.79 Å². The fourth-order valence-corrected chi connectivity index (χ4v) is 5.68. The van der Waals surface area contributed by atoms with Crippen LogP contribution in [0.1, 0.15) is 36.8 Å². The minimum atomic E-state index is -0.0270. The van der Waals surface area contributed by atoms with Gasteiger partial charge in [0, 0.05) is 30.5 Å². The highest BCUT2D eigenvalue weighted by Gasteiger charge is 2.42. The number of carbonyl (C=O) groups excluding carboxylic acids is 2. The summed E-state index contributed by atoms with van der Waals surface area (Å²) in [6.07, 6.45) is 4.66. The Hall–Kier alpha value is -1.69. The summed E-state index contributed by atoms with van der Waals surface area (Å²) in [7, 11) is 0. The first kappa shape index (κ1) is 16.8. The van der Waals surface area contributed by atoms with Gasteiger partial charge in [-0.1, -0.05) is 30.7 Å². The van der Waals surface area contributed by atoms with Crippen molar-refractivity contribution in [1.29, 1.82) is 0 Å². The summed E-state index contributed by atoms with van der Waals surface area (Å²) in [5.74, 6) is 1.28. The monoisotopic (exact) mass is 359 g/mol. The molecule has 1 aromatic carbocycles. The Morgan fingerprint density at radius 3 is 2.92 bits per heavy atom. The number of carbonyl (C=O) groups is 2. The summed E-state index contributed by atoms with van der Waals surface area (Å²) in [5, 5.41) is 6.49. The lowest BCUT2D eigenvalue weighted by atomic mass is 9.99. The number of nitrogens with zero attached hydrogens (tertiary/aromatic N) is 1. The molecule has 0 aliphatic carbocycles. The third-order valence-corrected chi connectivity index (χ3v) is 7.06. The molecule has 0 aromatic heterocycles. The predicted molar refractivity (Wildman–Crippen MR) is 99.5 cm³/mol. The minimum Gasteiger partial charge on any atom is -0.338 e. The summed E-state index contributed by atoms with van der Waals surface area (Å²) >= 11 is 1.94. The molecule has 0 saturated carbocycles. The maximum absolute atomic E-state index is 12.5. The van der Waals surface area contributed by atoms with Gasteiger partial charge in [-0.05, 0) is 30.4 Å². The van der Waals surface area contributed by atoms with Crippen molar-refractivity contribution in [1.82, 2.24) is 15.5 Å². The normalized spacial score (nSPS) is 27.4. The van der Waals surface area contributed by atoms with E-state index in [1.807, 2.05) is 16.7 Å². The van der Waals surface area contributed by atoms with Gasteiger partial charge in [0.15, 0.2) is 0 Å². The SMILES string of the molecule is O=C1N[C@H]2[C@@H](CS[C@@H]2CCCCC(=O)N2CCc3ccccc3C2)N1. The van der Waals surface area contributed by atoms with E-state index in [9.17, 15) is 9.59 Å². The molecule has 2 N–H and O–H groups in total. The van der Waals surface area contributed by atoms with Crippen molar-refractivity contribution in [3.05, 3.63) is 35.4 Å². The van der Waals surface area contributed by atoms with Gasteiger partial charge >= 0.3 is 6.03 Å². The van der Waals surface area contributed by atoms with Crippen molar-refractivity contribution in [2.75, 3.05) is 12.3 Å². The van der Waals surface area contributed by atoms with E-state index in [1.165, 1.54) is 11.1 Å². The van der Waals surface area contributed by atoms with Crippen molar-refractivity contribution < 1.29 is 9.59 Å². The van der Waals surface area contributed by atoms with Gasteiger partial charge in [0.1, 0.15) is 0 Å². The molecule has 3 aliphatic rings. The number of urea groups is 1. The molecule has 0 spiro atoms. The molecule has 1 aromatic rings. The van der Waals surface area contributed by atoms with Crippen molar-refractivity contribution in [2.45, 2.75) is 56.0 Å². The van der Waals surface area contributed by atoms with Crippen LogP contribution in [0, 0.1) is 0 Å². The summed E-state index contributed by atoms with van der Waals surface area (Å²) in [5.41, 5.74) is 2.67. The molecule has 0 radical (unpaired) electrons. The van der Waals surface area contributed by atoms with E-state index in [2.05, 4.69) is 34.9 Å². The van der Waals surface area contributed by atoms with E-state index >= 15 is 0 Å². The van der Waals surface area contributed by atoms with Crippen LogP contribution in [0.25, 0.3) is 0 Å².